The lowest BCUT2D eigenvalue weighted by Gasteiger charge is -2.34. The Morgan fingerprint density at radius 2 is 2.12 bits per heavy atom. The highest BCUT2D eigenvalue weighted by atomic mass is 19.4. The molecule has 0 aliphatic carbocycles. The number of alkyl halides is 3. The van der Waals surface area contributed by atoms with E-state index in [9.17, 15) is 18.0 Å². The van der Waals surface area contributed by atoms with Crippen molar-refractivity contribution in [3.05, 3.63) is 29.8 Å². The maximum absolute atomic E-state index is 13.0. The molecule has 0 bridgehead atoms. The van der Waals surface area contributed by atoms with Gasteiger partial charge in [0.15, 0.2) is 6.10 Å². The van der Waals surface area contributed by atoms with Crippen LogP contribution < -0.4 is 10.1 Å². The average molecular weight is 344 g/mol. The molecule has 4 nitrogen and oxygen atoms in total. The van der Waals surface area contributed by atoms with Crippen molar-refractivity contribution in [1.82, 2.24) is 10.2 Å². The quantitative estimate of drug-likeness (QED) is 0.893. The van der Waals surface area contributed by atoms with Gasteiger partial charge in [-0.3, -0.25) is 4.79 Å². The van der Waals surface area contributed by atoms with Gasteiger partial charge in [-0.2, -0.15) is 13.2 Å². The number of benzene rings is 1. The van der Waals surface area contributed by atoms with E-state index in [4.69, 9.17) is 4.74 Å². The maximum Gasteiger partial charge on any atom is 0.419 e. The van der Waals surface area contributed by atoms with Crippen molar-refractivity contribution >= 4 is 5.91 Å². The van der Waals surface area contributed by atoms with E-state index in [1.807, 2.05) is 7.05 Å². The van der Waals surface area contributed by atoms with Crippen LogP contribution in [0.25, 0.3) is 0 Å². The van der Waals surface area contributed by atoms with Gasteiger partial charge in [0.25, 0.3) is 5.91 Å². The second kappa shape index (κ2) is 7.88. The van der Waals surface area contributed by atoms with E-state index >= 15 is 0 Å². The largest absolute Gasteiger partial charge is 0.480 e. The summed E-state index contributed by atoms with van der Waals surface area (Å²) in [7, 11) is 1.86. The number of nitrogens with zero attached hydrogens (tertiary/aromatic N) is 1. The second-order valence-electron chi connectivity index (χ2n) is 6.10. The summed E-state index contributed by atoms with van der Waals surface area (Å²) in [6, 6.07) is 4.96. The molecule has 1 aliphatic rings. The number of carbonyl (C=O) groups excluding carboxylic acids is 1. The molecule has 2 atom stereocenters. The number of piperidine rings is 1. The van der Waals surface area contributed by atoms with Crippen LogP contribution in [-0.2, 0) is 11.0 Å². The highest BCUT2D eigenvalue weighted by Gasteiger charge is 2.35. The molecule has 1 N–H and O–H groups in total. The van der Waals surface area contributed by atoms with Crippen LogP contribution in [0.3, 0.4) is 0 Å². The van der Waals surface area contributed by atoms with E-state index in [1.165, 1.54) is 25.1 Å². The predicted molar refractivity (Wildman–Crippen MR) is 84.8 cm³/mol. The third-order valence-electron chi connectivity index (χ3n) is 4.17. The van der Waals surface area contributed by atoms with Gasteiger partial charge in [-0.05, 0) is 51.4 Å². The number of amides is 1. The molecule has 1 aromatic rings. The smallest absolute Gasteiger partial charge is 0.419 e. The third kappa shape index (κ3) is 4.63. The van der Waals surface area contributed by atoms with Gasteiger partial charge in [-0.15, -0.1) is 0 Å². The number of halogens is 3. The lowest BCUT2D eigenvalue weighted by atomic mass is 9.97. The number of likely N-dealkylation sites (tertiary alicyclic amines) is 1. The molecular formula is C17H23F3N2O2. The summed E-state index contributed by atoms with van der Waals surface area (Å²) < 4.78 is 44.4. The van der Waals surface area contributed by atoms with E-state index < -0.39 is 17.8 Å². The van der Waals surface area contributed by atoms with E-state index in [1.54, 1.807) is 4.90 Å². The van der Waals surface area contributed by atoms with Crippen molar-refractivity contribution in [3.8, 4) is 5.75 Å². The average Bonchev–Trinajstić information content (AvgIpc) is 2.54. The first-order valence-corrected chi connectivity index (χ1v) is 8.09. The molecule has 0 aromatic heterocycles. The fourth-order valence-corrected chi connectivity index (χ4v) is 3.02. The monoisotopic (exact) mass is 344 g/mol. The zero-order valence-electron chi connectivity index (χ0n) is 13.9. The fraction of sp³-hybridized carbons (Fsp3) is 0.588. The normalized spacial score (nSPS) is 19.9. The van der Waals surface area contributed by atoms with Crippen molar-refractivity contribution in [2.75, 3.05) is 26.7 Å². The van der Waals surface area contributed by atoms with Crippen LogP contribution >= 0.6 is 0 Å². The van der Waals surface area contributed by atoms with E-state index in [0.717, 1.165) is 25.5 Å². The Morgan fingerprint density at radius 3 is 2.79 bits per heavy atom. The molecule has 1 aromatic carbocycles. The molecule has 1 fully saturated rings. The first kappa shape index (κ1) is 18.6. The maximum atomic E-state index is 13.0. The van der Waals surface area contributed by atoms with Gasteiger partial charge >= 0.3 is 6.18 Å². The van der Waals surface area contributed by atoms with Gasteiger partial charge in [-0.25, -0.2) is 0 Å². The fourth-order valence-electron chi connectivity index (χ4n) is 3.02. The molecule has 2 rings (SSSR count). The summed E-state index contributed by atoms with van der Waals surface area (Å²) in [4.78, 5) is 14.2. The van der Waals surface area contributed by atoms with Gasteiger partial charge in [0.05, 0.1) is 5.56 Å². The molecule has 0 radical (unpaired) electrons. The van der Waals surface area contributed by atoms with E-state index in [-0.39, 0.29) is 11.7 Å². The van der Waals surface area contributed by atoms with Gasteiger partial charge in [0, 0.05) is 13.1 Å². The summed E-state index contributed by atoms with van der Waals surface area (Å²) in [5.41, 5.74) is -0.864. The lowest BCUT2D eigenvalue weighted by molar-refractivity contribution is -0.144. The van der Waals surface area contributed by atoms with Crippen LogP contribution in [0, 0.1) is 5.92 Å². The highest BCUT2D eigenvalue weighted by molar-refractivity contribution is 5.81. The second-order valence-corrected chi connectivity index (χ2v) is 6.10. The molecule has 24 heavy (non-hydrogen) atoms. The summed E-state index contributed by atoms with van der Waals surface area (Å²) in [5.74, 6) is -0.218. The van der Waals surface area contributed by atoms with Crippen LogP contribution in [0.15, 0.2) is 24.3 Å². The molecule has 0 saturated carbocycles. The van der Waals surface area contributed by atoms with Gasteiger partial charge in [-0.1, -0.05) is 12.1 Å². The molecule has 0 unspecified atom stereocenters. The molecule has 7 heteroatoms. The Bertz CT molecular complexity index is 561. The first-order chi connectivity index (χ1) is 11.3. The summed E-state index contributed by atoms with van der Waals surface area (Å²) in [6.07, 6.45) is -3.54. The zero-order valence-corrected chi connectivity index (χ0v) is 13.9. The predicted octanol–water partition coefficient (Wildman–Crippen LogP) is 2.93. The minimum Gasteiger partial charge on any atom is -0.480 e. The Hall–Kier alpha value is -1.76. The number of hydrogen-bond donors (Lipinski definition) is 1. The molecule has 134 valence electrons. The number of nitrogens with one attached hydrogen (secondary N) is 1. The molecule has 1 heterocycles. The molecule has 1 aliphatic heterocycles. The Kier molecular flexibility index (Phi) is 6.10. The first-order valence-electron chi connectivity index (χ1n) is 8.09. The van der Waals surface area contributed by atoms with Crippen molar-refractivity contribution in [2.24, 2.45) is 5.92 Å². The Morgan fingerprint density at radius 1 is 1.42 bits per heavy atom. The van der Waals surface area contributed by atoms with Crippen LogP contribution in [0.4, 0.5) is 13.2 Å². The van der Waals surface area contributed by atoms with Crippen molar-refractivity contribution in [2.45, 2.75) is 32.0 Å². The van der Waals surface area contributed by atoms with Crippen LogP contribution in [0.1, 0.15) is 25.3 Å². The van der Waals surface area contributed by atoms with Crippen molar-refractivity contribution in [3.63, 3.8) is 0 Å². The SMILES string of the molecule is CNC[C@@H]1CCCN(C(=O)[C@@H](C)Oc2ccccc2C(F)(F)F)C1. The van der Waals surface area contributed by atoms with Crippen molar-refractivity contribution < 1.29 is 22.7 Å². The minimum atomic E-state index is -4.51. The number of carbonyl (C=O) groups is 1. The van der Waals surface area contributed by atoms with Gasteiger partial charge in [0.2, 0.25) is 0 Å². The number of ether oxygens (including phenoxy) is 1. The number of hydrogen-bond acceptors (Lipinski definition) is 3. The zero-order chi connectivity index (χ0) is 17.7. The molecular weight excluding hydrogens is 321 g/mol. The molecule has 1 saturated heterocycles. The summed E-state index contributed by atoms with van der Waals surface area (Å²) >= 11 is 0. The van der Waals surface area contributed by atoms with Gasteiger partial charge in [0.1, 0.15) is 5.75 Å². The standard InChI is InChI=1S/C17H23F3N2O2/c1-12(16(23)22-9-5-6-13(11-22)10-21-2)24-15-8-4-3-7-14(15)17(18,19)20/h3-4,7-8,12-13,21H,5-6,9-11H2,1-2H3/t12-,13+/m1/s1. The number of para-hydroxylation sites is 1. The van der Waals surface area contributed by atoms with Crippen LogP contribution in [-0.4, -0.2) is 43.6 Å². The topological polar surface area (TPSA) is 41.6 Å². The molecule has 1 amide bonds. The van der Waals surface area contributed by atoms with Crippen LogP contribution in [0.2, 0.25) is 0 Å². The highest BCUT2D eigenvalue weighted by Crippen LogP contribution is 2.36. The van der Waals surface area contributed by atoms with Gasteiger partial charge < -0.3 is 15.0 Å². The lowest BCUT2D eigenvalue weighted by Crippen LogP contribution is -2.47. The third-order valence-corrected chi connectivity index (χ3v) is 4.17. The minimum absolute atomic E-state index is 0.271. The number of rotatable bonds is 5. The Balaban J connectivity index is 2.04. The summed E-state index contributed by atoms with van der Waals surface area (Å²) in [5, 5.41) is 3.10. The summed E-state index contributed by atoms with van der Waals surface area (Å²) in [6.45, 7) is 3.54. The molecule has 0 spiro atoms. The van der Waals surface area contributed by atoms with E-state index in [0.29, 0.717) is 19.0 Å². The van der Waals surface area contributed by atoms with Crippen molar-refractivity contribution in [1.29, 1.82) is 0 Å². The van der Waals surface area contributed by atoms with Crippen LogP contribution in [0.5, 0.6) is 5.75 Å². The Labute approximate surface area is 140 Å². The van der Waals surface area contributed by atoms with E-state index in [2.05, 4.69) is 5.32 Å².